The van der Waals surface area contributed by atoms with Gasteiger partial charge in [0.15, 0.2) is 0 Å². The Bertz CT molecular complexity index is 335. The summed E-state index contributed by atoms with van der Waals surface area (Å²) in [6.45, 7) is 10.3. The van der Waals surface area contributed by atoms with E-state index in [0.717, 1.165) is 13.0 Å². The van der Waals surface area contributed by atoms with Gasteiger partial charge in [-0.3, -0.25) is 0 Å². The third-order valence-corrected chi connectivity index (χ3v) is 3.70. The summed E-state index contributed by atoms with van der Waals surface area (Å²) in [5.41, 5.74) is 1.69. The van der Waals surface area contributed by atoms with Gasteiger partial charge in [-0.25, -0.2) is 0 Å². The highest BCUT2D eigenvalue weighted by Crippen LogP contribution is 2.38. The van der Waals surface area contributed by atoms with Crippen LogP contribution in [0.15, 0.2) is 16.7 Å². The minimum atomic E-state index is 0.323. The van der Waals surface area contributed by atoms with Crippen molar-refractivity contribution in [2.24, 2.45) is 11.3 Å². The van der Waals surface area contributed by atoms with E-state index in [0.29, 0.717) is 17.4 Å². The average Bonchev–Trinajstić information content (AvgIpc) is 2.62. The molecule has 2 heteroatoms. The van der Waals surface area contributed by atoms with Crippen LogP contribution >= 0.6 is 0 Å². The lowest BCUT2D eigenvalue weighted by Gasteiger charge is -2.37. The summed E-state index contributed by atoms with van der Waals surface area (Å²) >= 11 is 0. The lowest BCUT2D eigenvalue weighted by molar-refractivity contribution is 0.190. The first-order valence-electron chi connectivity index (χ1n) is 5.80. The highest BCUT2D eigenvalue weighted by Gasteiger charge is 2.33. The van der Waals surface area contributed by atoms with Crippen LogP contribution in [0, 0.1) is 11.3 Å². The number of rotatable bonds is 1. The van der Waals surface area contributed by atoms with Gasteiger partial charge in [0.05, 0.1) is 6.26 Å². The van der Waals surface area contributed by atoms with Crippen molar-refractivity contribution in [2.75, 3.05) is 6.54 Å². The third kappa shape index (κ3) is 1.96. The molecule has 1 N–H and O–H groups in total. The summed E-state index contributed by atoms with van der Waals surface area (Å²) in [5, 5.41) is 3.61. The molecule has 2 atom stereocenters. The monoisotopic (exact) mass is 207 g/mol. The number of hydrogen-bond acceptors (Lipinski definition) is 2. The summed E-state index contributed by atoms with van der Waals surface area (Å²) < 4.78 is 5.51. The molecule has 0 fully saturated rings. The molecule has 84 valence electrons. The number of hydrogen-bond donors (Lipinski definition) is 1. The second-order valence-electron chi connectivity index (χ2n) is 5.64. The molecule has 0 aliphatic carbocycles. The van der Waals surface area contributed by atoms with E-state index >= 15 is 0 Å². The van der Waals surface area contributed by atoms with Gasteiger partial charge in [-0.1, -0.05) is 27.7 Å². The third-order valence-electron chi connectivity index (χ3n) is 3.70. The Labute approximate surface area is 92.1 Å². The van der Waals surface area contributed by atoms with Gasteiger partial charge in [-0.05, 0) is 17.4 Å². The average molecular weight is 207 g/mol. The first-order valence-corrected chi connectivity index (χ1v) is 5.80. The van der Waals surface area contributed by atoms with Crippen LogP contribution in [0.3, 0.4) is 0 Å². The maximum atomic E-state index is 5.51. The molecule has 15 heavy (non-hydrogen) atoms. The molecule has 1 aromatic heterocycles. The van der Waals surface area contributed by atoms with Crippen molar-refractivity contribution < 1.29 is 4.42 Å². The Kier molecular flexibility index (Phi) is 2.63. The van der Waals surface area contributed by atoms with Crippen molar-refractivity contribution in [1.82, 2.24) is 5.32 Å². The van der Waals surface area contributed by atoms with Crippen LogP contribution in [0.5, 0.6) is 0 Å². The first kappa shape index (κ1) is 10.7. The largest absolute Gasteiger partial charge is 0.469 e. The predicted molar refractivity (Wildman–Crippen MR) is 61.8 cm³/mol. The van der Waals surface area contributed by atoms with Crippen LogP contribution in [0.4, 0.5) is 0 Å². The molecule has 1 aliphatic heterocycles. The van der Waals surface area contributed by atoms with Gasteiger partial charge in [0.2, 0.25) is 0 Å². The van der Waals surface area contributed by atoms with Crippen LogP contribution in [-0.2, 0) is 6.42 Å². The lowest BCUT2D eigenvalue weighted by atomic mass is 9.74. The summed E-state index contributed by atoms with van der Waals surface area (Å²) in [6, 6.07) is 2.57. The molecular formula is C13H21NO. The molecule has 2 unspecified atom stereocenters. The van der Waals surface area contributed by atoms with Crippen LogP contribution < -0.4 is 5.32 Å². The fourth-order valence-electron chi connectivity index (χ4n) is 2.23. The van der Waals surface area contributed by atoms with E-state index in [1.54, 1.807) is 0 Å². The Morgan fingerprint density at radius 1 is 1.47 bits per heavy atom. The van der Waals surface area contributed by atoms with Gasteiger partial charge in [0, 0.05) is 24.6 Å². The van der Waals surface area contributed by atoms with Crippen molar-refractivity contribution in [2.45, 2.75) is 40.2 Å². The van der Waals surface area contributed by atoms with E-state index in [9.17, 15) is 0 Å². The summed E-state index contributed by atoms with van der Waals surface area (Å²) in [5.74, 6) is 1.78. The van der Waals surface area contributed by atoms with E-state index in [1.165, 1.54) is 11.3 Å². The lowest BCUT2D eigenvalue weighted by Crippen LogP contribution is -2.37. The number of furan rings is 1. The highest BCUT2D eigenvalue weighted by molar-refractivity contribution is 5.25. The van der Waals surface area contributed by atoms with Crippen LogP contribution in [0.1, 0.15) is 45.1 Å². The SMILES string of the molecule is CC(C1NCCc2occc21)C(C)(C)C. The van der Waals surface area contributed by atoms with Crippen molar-refractivity contribution in [3.05, 3.63) is 23.7 Å². The second-order valence-corrected chi connectivity index (χ2v) is 5.64. The molecule has 0 spiro atoms. The Balaban J connectivity index is 2.26. The fraction of sp³-hybridized carbons (Fsp3) is 0.692. The molecular weight excluding hydrogens is 186 g/mol. The maximum absolute atomic E-state index is 5.51. The molecule has 1 aliphatic rings. The molecule has 0 aromatic carbocycles. The van der Waals surface area contributed by atoms with E-state index in [-0.39, 0.29) is 0 Å². The molecule has 0 radical (unpaired) electrons. The molecule has 2 rings (SSSR count). The molecule has 2 nitrogen and oxygen atoms in total. The Morgan fingerprint density at radius 3 is 2.87 bits per heavy atom. The van der Waals surface area contributed by atoms with Crippen molar-refractivity contribution in [1.29, 1.82) is 0 Å². The minimum absolute atomic E-state index is 0.323. The van der Waals surface area contributed by atoms with Gasteiger partial charge < -0.3 is 9.73 Å². The molecule has 0 bridgehead atoms. The zero-order valence-corrected chi connectivity index (χ0v) is 10.1. The van der Waals surface area contributed by atoms with Crippen molar-refractivity contribution in [3.8, 4) is 0 Å². The maximum Gasteiger partial charge on any atom is 0.109 e. The van der Waals surface area contributed by atoms with Gasteiger partial charge in [-0.2, -0.15) is 0 Å². The van der Waals surface area contributed by atoms with E-state index in [4.69, 9.17) is 4.42 Å². The zero-order chi connectivity index (χ0) is 11.1. The highest BCUT2D eigenvalue weighted by atomic mass is 16.3. The summed E-state index contributed by atoms with van der Waals surface area (Å²) in [6.07, 6.45) is 2.84. The fourth-order valence-corrected chi connectivity index (χ4v) is 2.23. The van der Waals surface area contributed by atoms with E-state index < -0.39 is 0 Å². The van der Waals surface area contributed by atoms with E-state index in [1.807, 2.05) is 6.26 Å². The minimum Gasteiger partial charge on any atom is -0.469 e. The van der Waals surface area contributed by atoms with Gasteiger partial charge in [0.1, 0.15) is 5.76 Å². The van der Waals surface area contributed by atoms with Gasteiger partial charge >= 0.3 is 0 Å². The normalized spacial score (nSPS) is 23.6. The molecule has 0 saturated carbocycles. The molecule has 1 aromatic rings. The van der Waals surface area contributed by atoms with Crippen LogP contribution in [0.25, 0.3) is 0 Å². The van der Waals surface area contributed by atoms with E-state index in [2.05, 4.69) is 39.1 Å². The van der Waals surface area contributed by atoms with Gasteiger partial charge in [0.25, 0.3) is 0 Å². The number of nitrogens with one attached hydrogen (secondary N) is 1. The van der Waals surface area contributed by atoms with Crippen molar-refractivity contribution in [3.63, 3.8) is 0 Å². The Hall–Kier alpha value is -0.760. The summed E-state index contributed by atoms with van der Waals surface area (Å²) in [4.78, 5) is 0. The van der Waals surface area contributed by atoms with Crippen LogP contribution in [-0.4, -0.2) is 6.54 Å². The first-order chi connectivity index (χ1) is 7.00. The van der Waals surface area contributed by atoms with Crippen molar-refractivity contribution >= 4 is 0 Å². The smallest absolute Gasteiger partial charge is 0.109 e. The molecule has 2 heterocycles. The zero-order valence-electron chi connectivity index (χ0n) is 10.1. The van der Waals surface area contributed by atoms with Crippen LogP contribution in [0.2, 0.25) is 0 Å². The molecule has 0 amide bonds. The topological polar surface area (TPSA) is 25.2 Å². The Morgan fingerprint density at radius 2 is 2.20 bits per heavy atom. The predicted octanol–water partition coefficient (Wildman–Crippen LogP) is 3.15. The standard InChI is InChI=1S/C13H21NO/c1-9(13(2,3)4)12-10-6-8-15-11(10)5-7-14-12/h6,8-9,12,14H,5,7H2,1-4H3. The number of fused-ring (bicyclic) bond motifs is 1. The quantitative estimate of drug-likeness (QED) is 0.765. The second kappa shape index (κ2) is 3.67. The summed E-state index contributed by atoms with van der Waals surface area (Å²) in [7, 11) is 0. The molecule has 0 saturated heterocycles. The van der Waals surface area contributed by atoms with Gasteiger partial charge in [-0.15, -0.1) is 0 Å².